The maximum Gasteiger partial charge on any atom is 0.446 e. The first kappa shape index (κ1) is 21.8. The van der Waals surface area contributed by atoms with Crippen LogP contribution in [0.25, 0.3) is 12.2 Å². The molecule has 7 heteroatoms. The van der Waals surface area contributed by atoms with Crippen LogP contribution in [0.2, 0.25) is 0 Å². The van der Waals surface area contributed by atoms with Crippen molar-refractivity contribution in [2.45, 2.75) is 33.1 Å². The monoisotopic (exact) mass is 406 g/mol. The summed E-state index contributed by atoms with van der Waals surface area (Å²) in [6, 6.07) is 12.4. The summed E-state index contributed by atoms with van der Waals surface area (Å²) in [5.74, 6) is 1.27. The predicted molar refractivity (Wildman–Crippen MR) is 110 cm³/mol. The molecule has 0 heterocycles. The third kappa shape index (κ3) is 8.02. The van der Waals surface area contributed by atoms with Crippen molar-refractivity contribution in [3.8, 4) is 17.2 Å². The summed E-state index contributed by atoms with van der Waals surface area (Å²) in [6.07, 6.45) is 6.50. The van der Waals surface area contributed by atoms with Crippen LogP contribution in [-0.2, 0) is 10.4 Å². The van der Waals surface area contributed by atoms with Crippen LogP contribution in [0.15, 0.2) is 42.5 Å². The van der Waals surface area contributed by atoms with Crippen LogP contribution < -0.4 is 13.7 Å². The Kier molecular flexibility index (Phi) is 8.35. The van der Waals surface area contributed by atoms with Gasteiger partial charge in [-0.2, -0.15) is 8.42 Å². The zero-order valence-corrected chi connectivity index (χ0v) is 16.9. The van der Waals surface area contributed by atoms with Gasteiger partial charge >= 0.3 is 10.4 Å². The van der Waals surface area contributed by atoms with Crippen LogP contribution in [0.3, 0.4) is 0 Å². The van der Waals surface area contributed by atoms with Crippen molar-refractivity contribution in [1.29, 1.82) is 0 Å². The lowest BCUT2D eigenvalue weighted by Crippen LogP contribution is -2.07. The van der Waals surface area contributed by atoms with E-state index in [9.17, 15) is 8.42 Å². The highest BCUT2D eigenvalue weighted by Crippen LogP contribution is 2.26. The van der Waals surface area contributed by atoms with E-state index in [2.05, 4.69) is 11.1 Å². The van der Waals surface area contributed by atoms with Gasteiger partial charge in [0.1, 0.15) is 17.2 Å². The molecule has 0 bridgehead atoms. The molecule has 0 radical (unpaired) electrons. The van der Waals surface area contributed by atoms with Gasteiger partial charge in [-0.1, -0.05) is 44.6 Å². The Balaban J connectivity index is 2.18. The minimum Gasteiger partial charge on any atom is -0.494 e. The molecular weight excluding hydrogens is 380 g/mol. The maximum absolute atomic E-state index is 11.0. The first-order chi connectivity index (χ1) is 13.4. The molecule has 2 rings (SSSR count). The molecule has 2 aromatic carbocycles. The zero-order chi connectivity index (χ0) is 20.4. The summed E-state index contributed by atoms with van der Waals surface area (Å²) >= 11 is 0. The van der Waals surface area contributed by atoms with E-state index in [4.69, 9.17) is 14.0 Å². The van der Waals surface area contributed by atoms with Crippen LogP contribution in [0.4, 0.5) is 0 Å². The minimum absolute atomic E-state index is 0.0144. The molecule has 0 fully saturated rings. The Morgan fingerprint density at radius 2 is 1.46 bits per heavy atom. The van der Waals surface area contributed by atoms with Crippen molar-refractivity contribution in [2.24, 2.45) is 0 Å². The number of unbranched alkanes of at least 4 members (excludes halogenated alkanes) is 1. The van der Waals surface area contributed by atoms with E-state index in [1.165, 1.54) is 12.1 Å². The van der Waals surface area contributed by atoms with Crippen molar-refractivity contribution in [1.82, 2.24) is 0 Å². The van der Waals surface area contributed by atoms with E-state index in [0.717, 1.165) is 30.6 Å². The quantitative estimate of drug-likeness (QED) is 0.321. The second-order valence-corrected chi connectivity index (χ2v) is 7.22. The lowest BCUT2D eigenvalue weighted by atomic mass is 10.1. The third-order valence-corrected chi connectivity index (χ3v) is 4.09. The Bertz CT molecular complexity index is 872. The number of ether oxygens (including phenoxy) is 2. The fourth-order valence-corrected chi connectivity index (χ4v) is 2.70. The van der Waals surface area contributed by atoms with Gasteiger partial charge in [0.15, 0.2) is 0 Å². The molecule has 0 aliphatic rings. The summed E-state index contributed by atoms with van der Waals surface area (Å²) in [5, 5.41) is 0. The number of benzene rings is 2. The fraction of sp³-hybridized carbons (Fsp3) is 0.333. The molecule has 0 amide bonds. The molecule has 0 unspecified atom stereocenters. The summed E-state index contributed by atoms with van der Waals surface area (Å²) in [5.41, 5.74) is 1.64. The predicted octanol–water partition coefficient (Wildman–Crippen LogP) is 5.01. The minimum atomic E-state index is -4.61. The molecule has 0 aliphatic carbocycles. The molecule has 0 saturated carbocycles. The van der Waals surface area contributed by atoms with Gasteiger partial charge in [-0.05, 0) is 48.2 Å². The molecule has 0 aliphatic heterocycles. The van der Waals surface area contributed by atoms with Crippen LogP contribution in [0.1, 0.15) is 44.2 Å². The standard InChI is InChI=1S/C21H26O6S/c1-3-5-13-26-20-14-18(15-21(16-20)27-28(22,23)24)7-6-17-8-10-19(11-9-17)25-12-4-2/h6-11,14-16H,3-5,12-13H2,1-2H3,(H,22,23,24)/b7-6+. The first-order valence-corrected chi connectivity index (χ1v) is 10.6. The van der Waals surface area contributed by atoms with E-state index in [0.29, 0.717) is 24.5 Å². The summed E-state index contributed by atoms with van der Waals surface area (Å²) in [6.45, 7) is 5.29. The van der Waals surface area contributed by atoms with Gasteiger partial charge in [0.25, 0.3) is 0 Å². The van der Waals surface area contributed by atoms with Crippen molar-refractivity contribution in [3.63, 3.8) is 0 Å². The third-order valence-electron chi connectivity index (χ3n) is 3.69. The zero-order valence-electron chi connectivity index (χ0n) is 16.1. The van der Waals surface area contributed by atoms with Gasteiger partial charge in [0.05, 0.1) is 13.2 Å². The molecule has 2 aromatic rings. The highest BCUT2D eigenvalue weighted by Gasteiger charge is 2.09. The van der Waals surface area contributed by atoms with E-state index < -0.39 is 10.4 Å². The lowest BCUT2D eigenvalue weighted by molar-refractivity contribution is 0.308. The highest BCUT2D eigenvalue weighted by molar-refractivity contribution is 7.81. The van der Waals surface area contributed by atoms with E-state index >= 15 is 0 Å². The Hall–Kier alpha value is -2.51. The van der Waals surface area contributed by atoms with Crippen molar-refractivity contribution in [3.05, 3.63) is 53.6 Å². The van der Waals surface area contributed by atoms with Crippen molar-refractivity contribution in [2.75, 3.05) is 13.2 Å². The highest BCUT2D eigenvalue weighted by atomic mass is 32.3. The van der Waals surface area contributed by atoms with Crippen LogP contribution in [0, 0.1) is 0 Å². The van der Waals surface area contributed by atoms with Gasteiger partial charge in [-0.25, -0.2) is 0 Å². The molecular formula is C21H26O6S. The van der Waals surface area contributed by atoms with E-state index in [-0.39, 0.29) is 5.75 Å². The molecule has 0 atom stereocenters. The number of rotatable bonds is 11. The van der Waals surface area contributed by atoms with Gasteiger partial charge in [0.2, 0.25) is 0 Å². The second-order valence-electron chi connectivity index (χ2n) is 6.20. The van der Waals surface area contributed by atoms with E-state index in [1.807, 2.05) is 43.3 Å². The van der Waals surface area contributed by atoms with Gasteiger partial charge in [-0.3, -0.25) is 4.55 Å². The molecule has 1 N–H and O–H groups in total. The summed E-state index contributed by atoms with van der Waals surface area (Å²) in [7, 11) is -4.61. The van der Waals surface area contributed by atoms with Crippen LogP contribution in [-0.4, -0.2) is 26.2 Å². The molecule has 152 valence electrons. The Morgan fingerprint density at radius 1 is 0.821 bits per heavy atom. The number of hydrogen-bond donors (Lipinski definition) is 1. The first-order valence-electron chi connectivity index (χ1n) is 9.25. The average molecular weight is 407 g/mol. The smallest absolute Gasteiger partial charge is 0.446 e. The normalized spacial score (nSPS) is 11.5. The Labute approximate surface area is 166 Å². The number of hydrogen-bond acceptors (Lipinski definition) is 5. The van der Waals surface area contributed by atoms with Crippen LogP contribution >= 0.6 is 0 Å². The lowest BCUT2D eigenvalue weighted by Gasteiger charge is -2.09. The largest absolute Gasteiger partial charge is 0.494 e. The van der Waals surface area contributed by atoms with Gasteiger partial charge < -0.3 is 13.7 Å². The summed E-state index contributed by atoms with van der Waals surface area (Å²) in [4.78, 5) is 0. The SMILES string of the molecule is CCCCOc1cc(/C=C/c2ccc(OCCC)cc2)cc(OS(=O)(=O)O)c1. The van der Waals surface area contributed by atoms with Gasteiger partial charge in [0, 0.05) is 6.07 Å². The summed E-state index contributed by atoms with van der Waals surface area (Å²) < 4.78 is 46.8. The molecule has 0 spiro atoms. The average Bonchev–Trinajstić information content (AvgIpc) is 2.64. The van der Waals surface area contributed by atoms with Crippen molar-refractivity contribution >= 4 is 22.6 Å². The fourth-order valence-electron chi connectivity index (χ4n) is 2.36. The Morgan fingerprint density at radius 3 is 2.11 bits per heavy atom. The topological polar surface area (TPSA) is 82.1 Å². The van der Waals surface area contributed by atoms with Crippen molar-refractivity contribution < 1.29 is 26.6 Å². The van der Waals surface area contributed by atoms with Crippen LogP contribution in [0.5, 0.6) is 17.2 Å². The molecule has 28 heavy (non-hydrogen) atoms. The molecule has 6 nitrogen and oxygen atoms in total. The molecule has 0 aromatic heterocycles. The second kappa shape index (κ2) is 10.7. The van der Waals surface area contributed by atoms with E-state index in [1.54, 1.807) is 6.07 Å². The molecule has 0 saturated heterocycles. The maximum atomic E-state index is 11.0. The van der Waals surface area contributed by atoms with Gasteiger partial charge in [-0.15, -0.1) is 0 Å².